The highest BCUT2D eigenvalue weighted by atomic mass is 32.1. The van der Waals surface area contributed by atoms with Gasteiger partial charge in [0.15, 0.2) is 0 Å². The van der Waals surface area contributed by atoms with Crippen LogP contribution in [0.15, 0.2) is 35.8 Å². The fraction of sp³-hybridized carbons (Fsp3) is 0.467. The lowest BCUT2D eigenvalue weighted by atomic mass is 10.3. The molecule has 0 amide bonds. The quantitative estimate of drug-likeness (QED) is 0.871. The molecule has 6 heteroatoms. The van der Waals surface area contributed by atoms with E-state index in [0.29, 0.717) is 0 Å². The van der Waals surface area contributed by atoms with E-state index in [1.165, 1.54) is 11.5 Å². The van der Waals surface area contributed by atoms with Crippen molar-refractivity contribution in [2.75, 3.05) is 44.7 Å². The lowest BCUT2D eigenvalue weighted by molar-refractivity contribution is 0.270. The molecule has 0 radical (unpaired) electrons. The molecule has 5 nitrogen and oxygen atoms in total. The van der Waals surface area contributed by atoms with Gasteiger partial charge in [-0.05, 0) is 30.2 Å². The second-order valence-corrected chi connectivity index (χ2v) is 5.27. The first-order valence-corrected chi connectivity index (χ1v) is 8.00. The number of likely N-dealkylation sites (N-methyl/N-ethyl adjacent to an activating group) is 1. The van der Waals surface area contributed by atoms with Gasteiger partial charge >= 0.3 is 0 Å². The molecular weight excluding hydrogens is 284 g/mol. The third-order valence-corrected chi connectivity index (χ3v) is 3.90. The Hall–Kier alpha value is -1.66. The van der Waals surface area contributed by atoms with Crippen LogP contribution in [0.5, 0.6) is 5.75 Å². The van der Waals surface area contributed by atoms with Crippen LogP contribution in [-0.2, 0) is 0 Å². The van der Waals surface area contributed by atoms with E-state index >= 15 is 0 Å². The molecule has 0 atom stereocenters. The van der Waals surface area contributed by atoms with E-state index in [4.69, 9.17) is 4.74 Å². The van der Waals surface area contributed by atoms with Crippen LogP contribution in [0.25, 0.3) is 0 Å². The molecule has 114 valence electrons. The Morgan fingerprint density at radius 1 is 1.14 bits per heavy atom. The Balaban J connectivity index is 0.000000173. The van der Waals surface area contributed by atoms with Gasteiger partial charge in [0.1, 0.15) is 11.3 Å². The van der Waals surface area contributed by atoms with Gasteiger partial charge in [-0.2, -0.15) is 4.37 Å². The van der Waals surface area contributed by atoms with E-state index in [9.17, 15) is 0 Å². The molecule has 1 aliphatic heterocycles. The number of methoxy groups -OCH3 is 1. The highest BCUT2D eigenvalue weighted by molar-refractivity contribution is 7.03. The third-order valence-electron chi connectivity index (χ3n) is 3.43. The number of anilines is 1. The molecule has 0 spiro atoms. The average molecular weight is 306 g/mol. The molecule has 3 rings (SSSR count). The average Bonchev–Trinajstić information content (AvgIpc) is 3.11. The van der Waals surface area contributed by atoms with Crippen molar-refractivity contribution in [1.29, 1.82) is 0 Å². The van der Waals surface area contributed by atoms with Crippen LogP contribution in [0, 0.1) is 0 Å². The minimum Gasteiger partial charge on any atom is -0.497 e. The van der Waals surface area contributed by atoms with Crippen LogP contribution in [0.2, 0.25) is 0 Å². The number of piperazine rings is 1. The van der Waals surface area contributed by atoms with Crippen LogP contribution in [0.3, 0.4) is 0 Å². The maximum Gasteiger partial charge on any atom is 0.237 e. The summed E-state index contributed by atoms with van der Waals surface area (Å²) in [6, 6.07) is 9.68. The van der Waals surface area contributed by atoms with Gasteiger partial charge in [-0.3, -0.25) is 0 Å². The minimum absolute atomic E-state index is 0.903. The zero-order chi connectivity index (χ0) is 14.9. The summed E-state index contributed by atoms with van der Waals surface area (Å²) in [5.41, 5.74) is 1.79. The van der Waals surface area contributed by atoms with E-state index in [1.807, 2.05) is 30.3 Å². The summed E-state index contributed by atoms with van der Waals surface area (Å²) in [7, 11) is 1.66. The van der Waals surface area contributed by atoms with Crippen molar-refractivity contribution in [3.8, 4) is 5.75 Å². The number of ether oxygens (including phenoxy) is 1. The lowest BCUT2D eigenvalue weighted by Crippen LogP contribution is -2.46. The molecular formula is C15H22N4OS. The van der Waals surface area contributed by atoms with Crippen LogP contribution in [0.4, 0.5) is 5.95 Å². The fourth-order valence-corrected chi connectivity index (χ4v) is 2.57. The van der Waals surface area contributed by atoms with E-state index in [-0.39, 0.29) is 0 Å². The summed E-state index contributed by atoms with van der Waals surface area (Å²) in [4.78, 5) is 8.91. The molecule has 0 aliphatic carbocycles. The number of rotatable bonds is 3. The summed E-state index contributed by atoms with van der Waals surface area (Å²) < 4.78 is 9.14. The van der Waals surface area contributed by atoms with E-state index in [1.54, 1.807) is 12.6 Å². The van der Waals surface area contributed by atoms with Crippen molar-refractivity contribution < 1.29 is 4.74 Å². The minimum atomic E-state index is 0.903. The zero-order valence-electron chi connectivity index (χ0n) is 12.6. The fourth-order valence-electron chi connectivity index (χ4n) is 2.13. The van der Waals surface area contributed by atoms with Crippen LogP contribution in [0.1, 0.15) is 6.92 Å². The number of para-hydroxylation sites is 1. The molecule has 1 saturated heterocycles. The topological polar surface area (TPSA) is 41.5 Å². The van der Waals surface area contributed by atoms with Gasteiger partial charge in [-0.15, -0.1) is 0 Å². The van der Waals surface area contributed by atoms with Crippen LogP contribution < -0.4 is 9.64 Å². The van der Waals surface area contributed by atoms with Gasteiger partial charge in [-0.25, -0.2) is 4.98 Å². The Kier molecular flexibility index (Phi) is 6.43. The van der Waals surface area contributed by atoms with Gasteiger partial charge in [-0.1, -0.05) is 25.1 Å². The molecule has 2 heterocycles. The van der Waals surface area contributed by atoms with Gasteiger partial charge in [0.25, 0.3) is 0 Å². The highest BCUT2D eigenvalue weighted by Gasteiger charge is 2.17. The Morgan fingerprint density at radius 3 is 2.33 bits per heavy atom. The predicted octanol–water partition coefficient (Wildman–Crippen LogP) is 2.38. The first-order chi connectivity index (χ1) is 10.3. The summed E-state index contributed by atoms with van der Waals surface area (Å²) in [6.45, 7) is 7.75. The lowest BCUT2D eigenvalue weighted by Gasteiger charge is -2.33. The number of hydrogen-bond acceptors (Lipinski definition) is 6. The van der Waals surface area contributed by atoms with Crippen molar-refractivity contribution in [2.24, 2.45) is 0 Å². The molecule has 21 heavy (non-hydrogen) atoms. The number of nitrogens with zero attached hydrogens (tertiary/aromatic N) is 4. The number of aromatic nitrogens is 2. The molecule has 1 aliphatic rings. The molecule has 1 aromatic carbocycles. The molecule has 0 N–H and O–H groups in total. The molecule has 1 aromatic heterocycles. The zero-order valence-corrected chi connectivity index (χ0v) is 13.4. The first-order valence-electron chi connectivity index (χ1n) is 7.16. The second kappa shape index (κ2) is 8.59. The SMILES string of the molecule is CCN1CCN(c2ncsn2)CC1.COc1ccccc1. The van der Waals surface area contributed by atoms with Crippen molar-refractivity contribution >= 4 is 17.5 Å². The van der Waals surface area contributed by atoms with E-state index < -0.39 is 0 Å². The summed E-state index contributed by atoms with van der Waals surface area (Å²) in [5.74, 6) is 1.81. The number of hydrogen-bond donors (Lipinski definition) is 0. The second-order valence-electron chi connectivity index (χ2n) is 4.67. The van der Waals surface area contributed by atoms with Crippen LogP contribution >= 0.6 is 11.5 Å². The monoisotopic (exact) mass is 306 g/mol. The highest BCUT2D eigenvalue weighted by Crippen LogP contribution is 2.11. The maximum absolute atomic E-state index is 4.91. The van der Waals surface area contributed by atoms with Crippen LogP contribution in [-0.4, -0.2) is 54.1 Å². The standard InChI is InChI=1S/C8H14N4S.C7H8O/c1-2-11-3-5-12(6-4-11)8-9-7-13-10-8;1-8-7-5-3-2-4-6-7/h7H,2-6H2,1H3;2-6H,1H3. The van der Waals surface area contributed by atoms with Crippen molar-refractivity contribution in [2.45, 2.75) is 6.92 Å². The van der Waals surface area contributed by atoms with Gasteiger partial charge in [0.05, 0.1) is 7.11 Å². The summed E-state index contributed by atoms with van der Waals surface area (Å²) >= 11 is 1.42. The van der Waals surface area contributed by atoms with Crippen molar-refractivity contribution in [3.63, 3.8) is 0 Å². The molecule has 1 fully saturated rings. The van der Waals surface area contributed by atoms with E-state index in [0.717, 1.165) is 44.4 Å². The van der Waals surface area contributed by atoms with Crippen molar-refractivity contribution in [3.05, 3.63) is 35.8 Å². The molecule has 0 bridgehead atoms. The molecule has 0 unspecified atom stereocenters. The Labute approximate surface area is 130 Å². The van der Waals surface area contributed by atoms with Crippen molar-refractivity contribution in [1.82, 2.24) is 14.3 Å². The summed E-state index contributed by atoms with van der Waals surface area (Å²) in [5, 5.41) is 0. The third kappa shape index (κ3) is 4.99. The smallest absolute Gasteiger partial charge is 0.237 e. The van der Waals surface area contributed by atoms with Gasteiger partial charge in [0.2, 0.25) is 5.95 Å². The largest absolute Gasteiger partial charge is 0.497 e. The van der Waals surface area contributed by atoms with Gasteiger partial charge < -0.3 is 14.5 Å². The first kappa shape index (κ1) is 15.7. The predicted molar refractivity (Wildman–Crippen MR) is 87.2 cm³/mol. The maximum atomic E-state index is 4.91. The molecule has 0 saturated carbocycles. The Morgan fingerprint density at radius 2 is 1.86 bits per heavy atom. The van der Waals surface area contributed by atoms with Gasteiger partial charge in [0, 0.05) is 26.2 Å². The number of benzene rings is 1. The summed E-state index contributed by atoms with van der Waals surface area (Å²) in [6.07, 6.45) is 0. The van der Waals surface area contributed by atoms with E-state index in [2.05, 4.69) is 26.1 Å². The Bertz CT molecular complexity index is 484. The molecule has 2 aromatic rings. The normalized spacial score (nSPS) is 15.2.